The van der Waals surface area contributed by atoms with Crippen molar-refractivity contribution in [3.8, 4) is 0 Å². The monoisotopic (exact) mass is 74.0 g/mol. The Morgan fingerprint density at radius 3 is 2.25 bits per heavy atom. The van der Waals surface area contributed by atoms with E-state index >= 15 is 0 Å². The van der Waals surface area contributed by atoms with Gasteiger partial charge in [0, 0.05) is 0 Å². The van der Waals surface area contributed by atoms with E-state index in [9.17, 15) is 0 Å². The van der Waals surface area contributed by atoms with Crippen molar-refractivity contribution in [1.29, 1.82) is 0 Å². The van der Waals surface area contributed by atoms with Crippen LogP contribution < -0.4 is 0 Å². The maximum atomic E-state index is 7.76. The SMILES string of the molecule is [B]PCO. The van der Waals surface area contributed by atoms with Crippen LogP contribution in [0.25, 0.3) is 0 Å². The molecule has 0 amide bonds. The van der Waals surface area contributed by atoms with Crippen molar-refractivity contribution in [2.75, 3.05) is 6.35 Å². The van der Waals surface area contributed by atoms with Crippen LogP contribution in [0.5, 0.6) is 0 Å². The summed E-state index contributed by atoms with van der Waals surface area (Å²) < 4.78 is 0. The number of hydrogen-bond donors (Lipinski definition) is 1. The van der Waals surface area contributed by atoms with E-state index in [0.29, 0.717) is 0 Å². The van der Waals surface area contributed by atoms with Gasteiger partial charge in [-0.1, -0.05) is 0 Å². The van der Waals surface area contributed by atoms with Crippen molar-refractivity contribution in [2.24, 2.45) is 0 Å². The van der Waals surface area contributed by atoms with Crippen molar-refractivity contribution in [1.82, 2.24) is 0 Å². The van der Waals surface area contributed by atoms with E-state index in [1.165, 1.54) is 0 Å². The van der Waals surface area contributed by atoms with Crippen LogP contribution in [-0.2, 0) is 0 Å². The van der Waals surface area contributed by atoms with E-state index in [4.69, 9.17) is 12.7 Å². The van der Waals surface area contributed by atoms with Crippen molar-refractivity contribution >= 4 is 16.0 Å². The molecular formula is CH4BOP. The molecule has 4 heavy (non-hydrogen) atoms. The highest BCUT2D eigenvalue weighted by molar-refractivity contribution is 7.66. The van der Waals surface area contributed by atoms with Gasteiger partial charge in [0.05, 0.1) is 6.35 Å². The van der Waals surface area contributed by atoms with Crippen LogP contribution in [-0.4, -0.2) is 19.0 Å². The Morgan fingerprint density at radius 2 is 2.25 bits per heavy atom. The minimum Gasteiger partial charge on any atom is -0.393 e. The molecule has 0 aliphatic rings. The van der Waals surface area contributed by atoms with E-state index in [1.807, 2.05) is 0 Å². The normalized spacial score (nSPS) is 10.2. The summed E-state index contributed by atoms with van der Waals surface area (Å²) in [5, 5.41) is 7.76. The molecule has 0 aromatic heterocycles. The van der Waals surface area contributed by atoms with Gasteiger partial charge in [0.1, 0.15) is 7.57 Å². The molecule has 0 spiro atoms. The zero-order valence-corrected chi connectivity index (χ0v) is 3.23. The average molecular weight is 73.8 g/mol. The first kappa shape index (κ1) is 4.45. The van der Waals surface area contributed by atoms with E-state index < -0.39 is 0 Å². The second-order valence-corrected chi connectivity index (χ2v) is 1.09. The lowest BCUT2D eigenvalue weighted by Crippen LogP contribution is -1.59. The molecule has 2 radical (unpaired) electrons. The van der Waals surface area contributed by atoms with Gasteiger partial charge in [-0.15, -0.1) is 8.46 Å². The second-order valence-electron chi connectivity index (χ2n) is 0.362. The molecule has 0 saturated heterocycles. The summed E-state index contributed by atoms with van der Waals surface area (Å²) in [4.78, 5) is 0. The molecule has 0 heterocycles. The molecular weight excluding hydrogens is 69.8 g/mol. The first-order valence-corrected chi connectivity index (χ1v) is 2.24. The molecule has 1 nitrogen and oxygen atoms in total. The fraction of sp³-hybridized carbons (Fsp3) is 1.00. The summed E-state index contributed by atoms with van der Waals surface area (Å²) in [5.41, 5.74) is 0. The lowest BCUT2D eigenvalue weighted by molar-refractivity contribution is 0.374. The summed E-state index contributed by atoms with van der Waals surface area (Å²) in [5.74, 6) is 0. The van der Waals surface area contributed by atoms with Crippen molar-refractivity contribution < 1.29 is 5.11 Å². The van der Waals surface area contributed by atoms with E-state index in [2.05, 4.69) is 0 Å². The number of rotatable bonds is 1. The summed E-state index contributed by atoms with van der Waals surface area (Å²) in [7, 11) is 5.00. The van der Waals surface area contributed by atoms with Crippen molar-refractivity contribution in [3.05, 3.63) is 0 Å². The molecule has 0 rings (SSSR count). The topological polar surface area (TPSA) is 20.2 Å². The van der Waals surface area contributed by atoms with Gasteiger partial charge in [-0.05, 0) is 0 Å². The largest absolute Gasteiger partial charge is 0.393 e. The van der Waals surface area contributed by atoms with E-state index in [0.717, 1.165) is 0 Å². The number of hydrogen-bond acceptors (Lipinski definition) is 1. The van der Waals surface area contributed by atoms with Crippen molar-refractivity contribution in [3.63, 3.8) is 0 Å². The van der Waals surface area contributed by atoms with Crippen molar-refractivity contribution in [2.45, 2.75) is 0 Å². The highest BCUT2D eigenvalue weighted by atomic mass is 31.1. The van der Waals surface area contributed by atoms with Gasteiger partial charge >= 0.3 is 0 Å². The third kappa shape index (κ3) is 2.45. The Morgan fingerprint density at radius 1 is 2.00 bits per heavy atom. The minimum atomic E-state index is 0.125. The maximum absolute atomic E-state index is 7.76. The molecule has 22 valence electrons. The Kier molecular flexibility index (Phi) is 3.85. The van der Waals surface area contributed by atoms with Gasteiger partial charge in [-0.3, -0.25) is 0 Å². The van der Waals surface area contributed by atoms with Crippen LogP contribution >= 0.6 is 8.46 Å². The highest BCUT2D eigenvalue weighted by Gasteiger charge is 1.56. The Labute approximate surface area is 28.6 Å². The molecule has 3 heteroatoms. The zero-order chi connectivity index (χ0) is 3.41. The quantitative estimate of drug-likeness (QED) is 0.334. The van der Waals surface area contributed by atoms with Gasteiger partial charge in [0.2, 0.25) is 0 Å². The van der Waals surface area contributed by atoms with E-state index in [1.54, 1.807) is 0 Å². The highest BCUT2D eigenvalue weighted by Crippen LogP contribution is 1.91. The van der Waals surface area contributed by atoms with E-state index in [-0.39, 0.29) is 14.8 Å². The molecule has 0 aliphatic heterocycles. The number of aliphatic hydroxyl groups excluding tert-OH is 1. The third-order valence-corrected chi connectivity index (χ3v) is 0.274. The predicted molar refractivity (Wildman–Crippen MR) is 21.2 cm³/mol. The molecule has 1 unspecified atom stereocenters. The fourth-order valence-electron chi connectivity index (χ4n) is 0. The first-order valence-electron chi connectivity index (χ1n) is 0.958. The Hall–Kier alpha value is 0.455. The van der Waals surface area contributed by atoms with Gasteiger partial charge in [0.25, 0.3) is 0 Å². The molecule has 1 atom stereocenters. The molecule has 1 N–H and O–H groups in total. The lowest BCUT2D eigenvalue weighted by Gasteiger charge is -1.70. The van der Waals surface area contributed by atoms with Crippen LogP contribution in [0, 0.1) is 0 Å². The van der Waals surface area contributed by atoms with Gasteiger partial charge in [-0.25, -0.2) is 0 Å². The first-order chi connectivity index (χ1) is 1.91. The standard InChI is InChI=1S/CH4BOP/c2-4-1-3/h3-4H,1H2. The molecule has 0 bridgehead atoms. The third-order valence-electron chi connectivity index (χ3n) is 0.0913. The van der Waals surface area contributed by atoms with Crippen LogP contribution in [0.15, 0.2) is 0 Å². The average Bonchev–Trinajstić information content (AvgIpc) is 1.37. The van der Waals surface area contributed by atoms with Crippen LogP contribution in [0.2, 0.25) is 0 Å². The van der Waals surface area contributed by atoms with Crippen LogP contribution in [0.1, 0.15) is 0 Å². The summed E-state index contributed by atoms with van der Waals surface area (Å²) in [6.07, 6.45) is 0.125. The van der Waals surface area contributed by atoms with Gasteiger partial charge in [-0.2, -0.15) is 0 Å². The Bertz CT molecular complexity index is 10.0. The molecule has 0 aromatic rings. The molecule has 0 saturated carbocycles. The van der Waals surface area contributed by atoms with Crippen LogP contribution in [0.3, 0.4) is 0 Å². The molecule has 0 aliphatic carbocycles. The smallest absolute Gasteiger partial charge is 0.107 e. The summed E-state index contributed by atoms with van der Waals surface area (Å²) in [6.45, 7) is 0. The zero-order valence-electron chi connectivity index (χ0n) is 2.23. The fourth-order valence-corrected chi connectivity index (χ4v) is 0. The summed E-state index contributed by atoms with van der Waals surface area (Å²) in [6, 6.07) is 0. The maximum Gasteiger partial charge on any atom is 0.107 e. The van der Waals surface area contributed by atoms with Crippen LogP contribution in [0.4, 0.5) is 0 Å². The lowest BCUT2D eigenvalue weighted by atomic mass is 10.8. The Balaban J connectivity index is 1.97. The van der Waals surface area contributed by atoms with Gasteiger partial charge in [0.15, 0.2) is 0 Å². The van der Waals surface area contributed by atoms with Gasteiger partial charge < -0.3 is 5.11 Å². The molecule has 0 fully saturated rings. The second kappa shape index (κ2) is 3.45. The minimum absolute atomic E-state index is 0.125. The predicted octanol–water partition coefficient (Wildman–Crippen LogP) is -0.302. The molecule has 0 aromatic carbocycles. The number of aliphatic hydroxyl groups is 1. The summed E-state index contributed by atoms with van der Waals surface area (Å²) >= 11 is 0.